The lowest BCUT2D eigenvalue weighted by atomic mass is 10.0. The average molecular weight is 288 g/mol. The van der Waals surface area contributed by atoms with Gasteiger partial charge < -0.3 is 10.4 Å². The third kappa shape index (κ3) is 3.47. The van der Waals surface area contributed by atoms with Gasteiger partial charge in [-0.05, 0) is 25.0 Å². The molecule has 0 aliphatic heterocycles. The van der Waals surface area contributed by atoms with Crippen LogP contribution in [0.25, 0.3) is 0 Å². The Morgan fingerprint density at radius 2 is 2.00 bits per heavy atom. The highest BCUT2D eigenvalue weighted by Crippen LogP contribution is 2.29. The molecule has 2 rings (SSSR count). The van der Waals surface area contributed by atoms with E-state index in [1.54, 1.807) is 0 Å². The minimum absolute atomic E-state index is 0.0413. The summed E-state index contributed by atoms with van der Waals surface area (Å²) in [5.41, 5.74) is -1.89. The summed E-state index contributed by atoms with van der Waals surface area (Å²) >= 11 is 0. The first-order valence-electron chi connectivity index (χ1n) is 6.34. The Morgan fingerprint density at radius 3 is 2.50 bits per heavy atom. The summed E-state index contributed by atoms with van der Waals surface area (Å²) in [5.74, 6) is -0.536. The van der Waals surface area contributed by atoms with Crippen molar-refractivity contribution >= 4 is 5.91 Å². The van der Waals surface area contributed by atoms with Gasteiger partial charge in [0.1, 0.15) is 5.69 Å². The number of rotatable bonds is 3. The van der Waals surface area contributed by atoms with Crippen LogP contribution in [0.15, 0.2) is 18.3 Å². The number of aliphatic hydroxyl groups is 1. The second kappa shape index (κ2) is 5.40. The van der Waals surface area contributed by atoms with Gasteiger partial charge in [-0.1, -0.05) is 12.8 Å². The molecule has 0 radical (unpaired) electrons. The Hall–Kier alpha value is -1.63. The maximum Gasteiger partial charge on any atom is 0.433 e. The topological polar surface area (TPSA) is 62.2 Å². The maximum absolute atomic E-state index is 12.3. The minimum atomic E-state index is -4.52. The van der Waals surface area contributed by atoms with Crippen molar-refractivity contribution in [3.63, 3.8) is 0 Å². The fraction of sp³-hybridized carbons (Fsp3) is 0.538. The number of alkyl halides is 3. The van der Waals surface area contributed by atoms with E-state index in [4.69, 9.17) is 0 Å². The Kier molecular flexibility index (Phi) is 3.99. The van der Waals surface area contributed by atoms with Crippen LogP contribution in [0.4, 0.5) is 13.2 Å². The number of nitrogens with zero attached hydrogens (tertiary/aromatic N) is 1. The van der Waals surface area contributed by atoms with Gasteiger partial charge >= 0.3 is 6.18 Å². The first-order chi connectivity index (χ1) is 9.30. The average Bonchev–Trinajstić information content (AvgIpc) is 2.83. The van der Waals surface area contributed by atoms with Gasteiger partial charge in [0.2, 0.25) is 0 Å². The standard InChI is InChI=1S/C13H15F3N2O2/c14-13(15,16)10-4-3-9(7-17-10)11(19)18-8-12(20)5-1-2-6-12/h3-4,7,20H,1-2,5-6,8H2,(H,18,19). The maximum atomic E-state index is 12.3. The lowest BCUT2D eigenvalue weighted by molar-refractivity contribution is -0.141. The summed E-state index contributed by atoms with van der Waals surface area (Å²) in [5, 5.41) is 12.6. The van der Waals surface area contributed by atoms with Crippen LogP contribution in [0, 0.1) is 0 Å². The Morgan fingerprint density at radius 1 is 1.35 bits per heavy atom. The first-order valence-corrected chi connectivity index (χ1v) is 6.34. The number of nitrogens with one attached hydrogen (secondary N) is 1. The predicted molar refractivity (Wildman–Crippen MR) is 65.0 cm³/mol. The first kappa shape index (κ1) is 14.8. The Bertz CT molecular complexity index is 479. The highest BCUT2D eigenvalue weighted by Gasteiger charge is 2.33. The van der Waals surface area contributed by atoms with Crippen molar-refractivity contribution in [3.8, 4) is 0 Å². The summed E-state index contributed by atoms with van der Waals surface area (Å²) in [6.07, 6.45) is -0.565. The van der Waals surface area contributed by atoms with E-state index in [-0.39, 0.29) is 12.1 Å². The third-order valence-electron chi connectivity index (χ3n) is 3.43. The van der Waals surface area contributed by atoms with E-state index < -0.39 is 23.4 Å². The molecule has 1 aromatic rings. The van der Waals surface area contributed by atoms with Gasteiger partial charge in [0, 0.05) is 12.7 Å². The second-order valence-corrected chi connectivity index (χ2v) is 5.04. The van der Waals surface area contributed by atoms with E-state index in [1.165, 1.54) is 0 Å². The van der Waals surface area contributed by atoms with Gasteiger partial charge in [0.15, 0.2) is 0 Å². The largest absolute Gasteiger partial charge is 0.433 e. The molecule has 1 fully saturated rings. The van der Waals surface area contributed by atoms with Crippen LogP contribution in [-0.4, -0.2) is 28.1 Å². The zero-order valence-corrected chi connectivity index (χ0v) is 10.7. The summed E-state index contributed by atoms with van der Waals surface area (Å²) in [4.78, 5) is 15.0. The van der Waals surface area contributed by atoms with Crippen molar-refractivity contribution in [2.45, 2.75) is 37.5 Å². The van der Waals surface area contributed by atoms with E-state index in [1.807, 2.05) is 0 Å². The molecule has 1 aliphatic rings. The minimum Gasteiger partial charge on any atom is -0.388 e. The molecule has 0 atom stereocenters. The molecule has 4 nitrogen and oxygen atoms in total. The molecule has 0 saturated heterocycles. The van der Waals surface area contributed by atoms with Gasteiger partial charge in [-0.25, -0.2) is 0 Å². The van der Waals surface area contributed by atoms with Crippen LogP contribution >= 0.6 is 0 Å². The van der Waals surface area contributed by atoms with E-state index in [9.17, 15) is 23.1 Å². The number of carbonyl (C=O) groups is 1. The fourth-order valence-corrected chi connectivity index (χ4v) is 2.25. The summed E-state index contributed by atoms with van der Waals surface area (Å²) in [6, 6.07) is 1.84. The molecule has 1 aromatic heterocycles. The second-order valence-electron chi connectivity index (χ2n) is 5.04. The van der Waals surface area contributed by atoms with Crippen LogP contribution in [0.2, 0.25) is 0 Å². The number of aromatic nitrogens is 1. The van der Waals surface area contributed by atoms with Crippen molar-refractivity contribution in [1.29, 1.82) is 0 Å². The summed E-state index contributed by atoms with van der Waals surface area (Å²) in [6.45, 7) is 0.104. The van der Waals surface area contributed by atoms with E-state index >= 15 is 0 Å². The lowest BCUT2D eigenvalue weighted by Crippen LogP contribution is -2.40. The molecular weight excluding hydrogens is 273 g/mol. The molecule has 0 bridgehead atoms. The summed E-state index contributed by atoms with van der Waals surface area (Å²) < 4.78 is 37.0. The quantitative estimate of drug-likeness (QED) is 0.895. The van der Waals surface area contributed by atoms with Gasteiger partial charge in [-0.3, -0.25) is 9.78 Å². The Labute approximate surface area is 114 Å². The van der Waals surface area contributed by atoms with Crippen LogP contribution in [0.1, 0.15) is 41.7 Å². The van der Waals surface area contributed by atoms with Gasteiger partial charge in [-0.15, -0.1) is 0 Å². The normalized spacial score (nSPS) is 18.0. The van der Waals surface area contributed by atoms with Gasteiger partial charge in [-0.2, -0.15) is 13.2 Å². The van der Waals surface area contributed by atoms with Crippen molar-refractivity contribution < 1.29 is 23.1 Å². The Balaban J connectivity index is 1.96. The fourth-order valence-electron chi connectivity index (χ4n) is 2.25. The van der Waals surface area contributed by atoms with Crippen molar-refractivity contribution in [3.05, 3.63) is 29.6 Å². The zero-order chi connectivity index (χ0) is 14.8. The number of pyridine rings is 1. The molecule has 1 heterocycles. The lowest BCUT2D eigenvalue weighted by Gasteiger charge is -2.22. The molecule has 7 heteroatoms. The molecular formula is C13H15F3N2O2. The van der Waals surface area contributed by atoms with Gasteiger partial charge in [0.25, 0.3) is 5.91 Å². The molecule has 1 amide bonds. The van der Waals surface area contributed by atoms with Crippen LogP contribution in [-0.2, 0) is 6.18 Å². The van der Waals surface area contributed by atoms with E-state index in [0.717, 1.165) is 31.2 Å². The number of amides is 1. The molecule has 1 aliphatic carbocycles. The van der Waals surface area contributed by atoms with Crippen LogP contribution < -0.4 is 5.32 Å². The SMILES string of the molecule is O=C(NCC1(O)CCCC1)c1ccc(C(F)(F)F)nc1. The molecule has 2 N–H and O–H groups in total. The molecule has 110 valence electrons. The smallest absolute Gasteiger partial charge is 0.388 e. The number of hydrogen-bond acceptors (Lipinski definition) is 3. The van der Waals surface area contributed by atoms with Crippen LogP contribution in [0.3, 0.4) is 0 Å². The molecule has 1 saturated carbocycles. The number of carbonyl (C=O) groups excluding carboxylic acids is 1. The van der Waals surface area contributed by atoms with E-state index in [2.05, 4.69) is 10.3 Å². The van der Waals surface area contributed by atoms with Crippen molar-refractivity contribution in [1.82, 2.24) is 10.3 Å². The van der Waals surface area contributed by atoms with Crippen LogP contribution in [0.5, 0.6) is 0 Å². The predicted octanol–water partition coefficient (Wildman–Crippen LogP) is 2.14. The number of hydrogen-bond donors (Lipinski definition) is 2. The van der Waals surface area contributed by atoms with Crippen molar-refractivity contribution in [2.75, 3.05) is 6.54 Å². The third-order valence-corrected chi connectivity index (χ3v) is 3.43. The molecule has 20 heavy (non-hydrogen) atoms. The van der Waals surface area contributed by atoms with E-state index in [0.29, 0.717) is 12.8 Å². The molecule has 0 aromatic carbocycles. The highest BCUT2D eigenvalue weighted by atomic mass is 19.4. The number of halogens is 3. The molecule has 0 spiro atoms. The van der Waals surface area contributed by atoms with Gasteiger partial charge in [0.05, 0.1) is 11.2 Å². The highest BCUT2D eigenvalue weighted by molar-refractivity contribution is 5.93. The zero-order valence-electron chi connectivity index (χ0n) is 10.7. The van der Waals surface area contributed by atoms with Crippen molar-refractivity contribution in [2.24, 2.45) is 0 Å². The summed E-state index contributed by atoms with van der Waals surface area (Å²) in [7, 11) is 0. The molecule has 0 unspecified atom stereocenters. The monoisotopic (exact) mass is 288 g/mol.